The molecule has 1 N–H and O–H groups in total. The second-order valence-corrected chi connectivity index (χ2v) is 7.93. The van der Waals surface area contributed by atoms with Gasteiger partial charge in [0.2, 0.25) is 5.91 Å². The molecule has 1 amide bonds. The fourth-order valence-electron chi connectivity index (χ4n) is 1.91. The minimum atomic E-state index is -3.71. The van der Waals surface area contributed by atoms with Gasteiger partial charge in [-0.15, -0.1) is 11.3 Å². The first kappa shape index (κ1) is 15.7. The van der Waals surface area contributed by atoms with Crippen molar-refractivity contribution in [3.8, 4) is 0 Å². The number of sulfonamides is 1. The molecule has 1 aromatic carbocycles. The highest BCUT2D eigenvalue weighted by Gasteiger charge is 2.18. The molecule has 2 rings (SSSR count). The molecule has 1 heterocycles. The Morgan fingerprint density at radius 2 is 1.86 bits per heavy atom. The van der Waals surface area contributed by atoms with Crippen LogP contribution in [0.5, 0.6) is 0 Å². The standard InChI is InChI=1S/C15H17NO3S2/c1-12-10-11-15(20-12)21(18,19)16-14(17)9-5-8-13-6-3-2-4-7-13/h2-4,6-7,10-11H,5,8-9H2,1H3,(H,16,17). The molecule has 112 valence electrons. The van der Waals surface area contributed by atoms with Gasteiger partial charge in [-0.3, -0.25) is 4.79 Å². The van der Waals surface area contributed by atoms with Crippen LogP contribution in [0, 0.1) is 6.92 Å². The number of carbonyl (C=O) groups excluding carboxylic acids is 1. The van der Waals surface area contributed by atoms with Crippen LogP contribution in [0.2, 0.25) is 0 Å². The third-order valence-electron chi connectivity index (χ3n) is 2.94. The Bertz CT molecular complexity index is 706. The van der Waals surface area contributed by atoms with Crippen molar-refractivity contribution in [3.63, 3.8) is 0 Å². The van der Waals surface area contributed by atoms with E-state index < -0.39 is 15.9 Å². The van der Waals surface area contributed by atoms with E-state index in [9.17, 15) is 13.2 Å². The van der Waals surface area contributed by atoms with E-state index in [4.69, 9.17) is 0 Å². The Morgan fingerprint density at radius 1 is 1.14 bits per heavy atom. The highest BCUT2D eigenvalue weighted by molar-refractivity contribution is 7.92. The maximum Gasteiger partial charge on any atom is 0.273 e. The number of benzene rings is 1. The molecular weight excluding hydrogens is 306 g/mol. The van der Waals surface area contributed by atoms with Gasteiger partial charge in [0.1, 0.15) is 4.21 Å². The molecule has 0 atom stereocenters. The van der Waals surface area contributed by atoms with Crippen LogP contribution in [-0.2, 0) is 21.2 Å². The van der Waals surface area contributed by atoms with Crippen molar-refractivity contribution in [2.75, 3.05) is 0 Å². The minimum Gasteiger partial charge on any atom is -0.274 e. The molecule has 0 aliphatic heterocycles. The second-order valence-electron chi connectivity index (χ2n) is 4.73. The van der Waals surface area contributed by atoms with Gasteiger partial charge in [-0.1, -0.05) is 30.3 Å². The third-order valence-corrected chi connectivity index (χ3v) is 5.81. The van der Waals surface area contributed by atoms with Crippen molar-refractivity contribution in [2.24, 2.45) is 0 Å². The maximum atomic E-state index is 12.0. The predicted molar refractivity (Wildman–Crippen MR) is 83.8 cm³/mol. The number of carbonyl (C=O) groups is 1. The van der Waals surface area contributed by atoms with Gasteiger partial charge in [0.25, 0.3) is 10.0 Å². The van der Waals surface area contributed by atoms with Crippen molar-refractivity contribution in [3.05, 3.63) is 52.9 Å². The molecule has 0 bridgehead atoms. The first-order chi connectivity index (χ1) is 9.97. The fourth-order valence-corrected chi connectivity index (χ4v) is 4.20. The lowest BCUT2D eigenvalue weighted by Gasteiger charge is -2.05. The second kappa shape index (κ2) is 6.87. The first-order valence-corrected chi connectivity index (χ1v) is 8.93. The largest absolute Gasteiger partial charge is 0.274 e. The van der Waals surface area contributed by atoms with Crippen molar-refractivity contribution in [2.45, 2.75) is 30.4 Å². The Hall–Kier alpha value is -1.66. The Balaban J connectivity index is 1.84. The van der Waals surface area contributed by atoms with Gasteiger partial charge >= 0.3 is 0 Å². The van der Waals surface area contributed by atoms with Gasteiger partial charge in [0, 0.05) is 11.3 Å². The normalized spacial score (nSPS) is 11.3. The molecule has 0 unspecified atom stereocenters. The molecule has 0 aliphatic carbocycles. The summed E-state index contributed by atoms with van der Waals surface area (Å²) < 4.78 is 26.2. The van der Waals surface area contributed by atoms with Gasteiger partial charge in [0.15, 0.2) is 0 Å². The zero-order valence-electron chi connectivity index (χ0n) is 11.7. The van der Waals surface area contributed by atoms with Crippen LogP contribution in [0.4, 0.5) is 0 Å². The summed E-state index contributed by atoms with van der Waals surface area (Å²) in [6.07, 6.45) is 1.57. The predicted octanol–water partition coefficient (Wildman–Crippen LogP) is 2.88. The van der Waals surface area contributed by atoms with Crippen LogP contribution in [0.1, 0.15) is 23.3 Å². The quantitative estimate of drug-likeness (QED) is 0.889. The van der Waals surface area contributed by atoms with E-state index >= 15 is 0 Å². The summed E-state index contributed by atoms with van der Waals surface area (Å²) in [6, 6.07) is 13.0. The number of thiophene rings is 1. The van der Waals surface area contributed by atoms with E-state index in [1.807, 2.05) is 37.3 Å². The maximum absolute atomic E-state index is 12.0. The highest BCUT2D eigenvalue weighted by Crippen LogP contribution is 2.20. The zero-order valence-corrected chi connectivity index (χ0v) is 13.3. The average Bonchev–Trinajstić information content (AvgIpc) is 2.87. The fraction of sp³-hybridized carbons (Fsp3) is 0.267. The van der Waals surface area contributed by atoms with E-state index in [2.05, 4.69) is 4.72 Å². The van der Waals surface area contributed by atoms with Crippen molar-refractivity contribution in [1.29, 1.82) is 0 Å². The summed E-state index contributed by atoms with van der Waals surface area (Å²) in [6.45, 7) is 1.82. The molecule has 6 heteroatoms. The molecule has 0 spiro atoms. The number of aryl methyl sites for hydroxylation is 2. The monoisotopic (exact) mass is 323 g/mol. The molecule has 0 fully saturated rings. The van der Waals surface area contributed by atoms with Gasteiger partial charge in [-0.05, 0) is 37.5 Å². The SMILES string of the molecule is Cc1ccc(S(=O)(=O)NC(=O)CCCc2ccccc2)s1. The topological polar surface area (TPSA) is 63.2 Å². The van der Waals surface area contributed by atoms with E-state index in [1.54, 1.807) is 6.07 Å². The average molecular weight is 323 g/mol. The summed E-state index contributed by atoms with van der Waals surface area (Å²) >= 11 is 1.15. The lowest BCUT2D eigenvalue weighted by molar-refractivity contribution is -0.119. The molecule has 0 saturated heterocycles. The molecule has 0 saturated carbocycles. The Morgan fingerprint density at radius 3 is 2.48 bits per heavy atom. The molecule has 1 aromatic heterocycles. The van der Waals surface area contributed by atoms with Gasteiger partial charge in [-0.25, -0.2) is 13.1 Å². The van der Waals surface area contributed by atoms with Crippen LogP contribution >= 0.6 is 11.3 Å². The van der Waals surface area contributed by atoms with Crippen LogP contribution in [0.3, 0.4) is 0 Å². The van der Waals surface area contributed by atoms with Crippen molar-refractivity contribution < 1.29 is 13.2 Å². The smallest absolute Gasteiger partial charge is 0.273 e. The van der Waals surface area contributed by atoms with E-state index in [0.29, 0.717) is 6.42 Å². The van der Waals surface area contributed by atoms with Gasteiger partial charge < -0.3 is 0 Å². The van der Waals surface area contributed by atoms with Crippen LogP contribution in [-0.4, -0.2) is 14.3 Å². The van der Waals surface area contributed by atoms with Crippen molar-refractivity contribution >= 4 is 27.3 Å². The summed E-state index contributed by atoms with van der Waals surface area (Å²) in [7, 11) is -3.71. The van der Waals surface area contributed by atoms with E-state index in [1.165, 1.54) is 6.07 Å². The molecule has 21 heavy (non-hydrogen) atoms. The van der Waals surface area contributed by atoms with Gasteiger partial charge in [-0.2, -0.15) is 0 Å². The van der Waals surface area contributed by atoms with Crippen molar-refractivity contribution in [1.82, 2.24) is 4.72 Å². The molecule has 2 aromatic rings. The van der Waals surface area contributed by atoms with Crippen LogP contribution < -0.4 is 4.72 Å². The van der Waals surface area contributed by atoms with Crippen LogP contribution in [0.15, 0.2) is 46.7 Å². The zero-order chi connectivity index (χ0) is 15.3. The number of rotatable bonds is 6. The minimum absolute atomic E-state index is 0.177. The van der Waals surface area contributed by atoms with Gasteiger partial charge in [0.05, 0.1) is 0 Å². The Labute approximate surface area is 128 Å². The number of amides is 1. The molecule has 0 radical (unpaired) electrons. The summed E-state index contributed by atoms with van der Waals surface area (Å²) in [4.78, 5) is 12.6. The molecular formula is C15H17NO3S2. The lowest BCUT2D eigenvalue weighted by Crippen LogP contribution is -2.29. The van der Waals surface area contributed by atoms with E-state index in [-0.39, 0.29) is 10.6 Å². The summed E-state index contributed by atoms with van der Waals surface area (Å²) in [5, 5.41) is 0. The highest BCUT2D eigenvalue weighted by atomic mass is 32.2. The molecule has 0 aliphatic rings. The summed E-state index contributed by atoms with van der Waals surface area (Å²) in [5.74, 6) is -0.461. The van der Waals surface area contributed by atoms with Crippen LogP contribution in [0.25, 0.3) is 0 Å². The number of hydrogen-bond donors (Lipinski definition) is 1. The first-order valence-electron chi connectivity index (χ1n) is 6.63. The number of nitrogens with one attached hydrogen (secondary N) is 1. The number of hydrogen-bond acceptors (Lipinski definition) is 4. The molecule has 4 nitrogen and oxygen atoms in total. The Kier molecular flexibility index (Phi) is 5.14. The lowest BCUT2D eigenvalue weighted by atomic mass is 10.1. The van der Waals surface area contributed by atoms with E-state index in [0.717, 1.165) is 28.2 Å². The summed E-state index contributed by atoms with van der Waals surface area (Å²) in [5.41, 5.74) is 1.14. The third kappa shape index (κ3) is 4.68.